The lowest BCUT2D eigenvalue weighted by molar-refractivity contribution is 0.0383. The van der Waals surface area contributed by atoms with Gasteiger partial charge in [0.15, 0.2) is 0 Å². The zero-order chi connectivity index (χ0) is 18.1. The Balaban J connectivity index is 2.04. The SMILES string of the molecule is Cc1c(C(=O)OC(C)C)sc2ncn(Cc3cccc(Cl)c3)c(=O)c12. The van der Waals surface area contributed by atoms with Crippen LogP contribution in [0.5, 0.6) is 0 Å². The first kappa shape index (κ1) is 17.6. The Morgan fingerprint density at radius 2 is 2.16 bits per heavy atom. The van der Waals surface area contributed by atoms with E-state index in [9.17, 15) is 9.59 Å². The van der Waals surface area contributed by atoms with Crippen LogP contribution in [0.4, 0.5) is 0 Å². The van der Waals surface area contributed by atoms with E-state index in [1.165, 1.54) is 22.2 Å². The summed E-state index contributed by atoms with van der Waals surface area (Å²) in [6.07, 6.45) is 1.28. The van der Waals surface area contributed by atoms with Crippen LogP contribution in [0.2, 0.25) is 5.02 Å². The summed E-state index contributed by atoms with van der Waals surface area (Å²) in [6.45, 7) is 5.69. The van der Waals surface area contributed by atoms with Gasteiger partial charge in [0, 0.05) is 5.02 Å². The van der Waals surface area contributed by atoms with E-state index < -0.39 is 5.97 Å². The number of rotatable bonds is 4. The maximum absolute atomic E-state index is 12.8. The summed E-state index contributed by atoms with van der Waals surface area (Å²) in [4.78, 5) is 30.4. The van der Waals surface area contributed by atoms with Gasteiger partial charge >= 0.3 is 5.97 Å². The molecule has 2 heterocycles. The number of thiophene rings is 1. The van der Waals surface area contributed by atoms with Gasteiger partial charge in [0.25, 0.3) is 5.56 Å². The number of esters is 1. The highest BCUT2D eigenvalue weighted by molar-refractivity contribution is 7.20. The third kappa shape index (κ3) is 3.60. The molecule has 0 aliphatic heterocycles. The molecule has 0 aliphatic rings. The van der Waals surface area contributed by atoms with Gasteiger partial charge in [-0.05, 0) is 44.0 Å². The molecule has 7 heteroatoms. The van der Waals surface area contributed by atoms with Crippen molar-refractivity contribution in [3.63, 3.8) is 0 Å². The van der Waals surface area contributed by atoms with Crippen molar-refractivity contribution in [2.24, 2.45) is 0 Å². The Hall–Kier alpha value is -2.18. The molecule has 3 rings (SSSR count). The highest BCUT2D eigenvalue weighted by atomic mass is 35.5. The molecule has 0 N–H and O–H groups in total. The first-order chi connectivity index (χ1) is 11.9. The molecule has 5 nitrogen and oxygen atoms in total. The minimum Gasteiger partial charge on any atom is -0.459 e. The molecule has 1 aromatic carbocycles. The highest BCUT2D eigenvalue weighted by Crippen LogP contribution is 2.27. The van der Waals surface area contributed by atoms with Crippen LogP contribution in [0, 0.1) is 6.92 Å². The molecule has 0 fully saturated rings. The molecule has 0 spiro atoms. The molecule has 0 radical (unpaired) electrons. The number of halogens is 1. The lowest BCUT2D eigenvalue weighted by Crippen LogP contribution is -2.21. The second-order valence-electron chi connectivity index (χ2n) is 6.00. The van der Waals surface area contributed by atoms with Gasteiger partial charge < -0.3 is 4.74 Å². The van der Waals surface area contributed by atoms with Crippen molar-refractivity contribution in [2.45, 2.75) is 33.4 Å². The number of benzene rings is 1. The Bertz CT molecular complexity index is 1010. The highest BCUT2D eigenvalue weighted by Gasteiger charge is 2.21. The van der Waals surface area contributed by atoms with E-state index in [-0.39, 0.29) is 11.7 Å². The van der Waals surface area contributed by atoms with Crippen LogP contribution in [0.1, 0.15) is 34.6 Å². The minimum absolute atomic E-state index is 0.178. The number of carbonyl (C=O) groups is 1. The number of ether oxygens (including phenoxy) is 1. The van der Waals surface area contributed by atoms with Gasteiger partial charge in [-0.3, -0.25) is 9.36 Å². The maximum Gasteiger partial charge on any atom is 0.348 e. The van der Waals surface area contributed by atoms with E-state index in [4.69, 9.17) is 16.3 Å². The van der Waals surface area contributed by atoms with Gasteiger partial charge in [-0.1, -0.05) is 23.7 Å². The van der Waals surface area contributed by atoms with Gasteiger partial charge in [-0.25, -0.2) is 9.78 Å². The zero-order valence-corrected chi connectivity index (χ0v) is 15.6. The number of hydrogen-bond donors (Lipinski definition) is 0. The van der Waals surface area contributed by atoms with E-state index in [1.807, 2.05) is 18.2 Å². The van der Waals surface area contributed by atoms with Crippen LogP contribution in [-0.4, -0.2) is 21.6 Å². The average molecular weight is 377 g/mol. The van der Waals surface area contributed by atoms with Crippen LogP contribution < -0.4 is 5.56 Å². The van der Waals surface area contributed by atoms with Gasteiger partial charge in [0.05, 0.1) is 24.4 Å². The Morgan fingerprint density at radius 3 is 2.84 bits per heavy atom. The summed E-state index contributed by atoms with van der Waals surface area (Å²) in [7, 11) is 0. The van der Waals surface area contributed by atoms with Crippen molar-refractivity contribution in [3.05, 3.63) is 62.0 Å². The quantitative estimate of drug-likeness (QED) is 0.645. The molecule has 0 saturated carbocycles. The number of fused-ring (bicyclic) bond motifs is 1. The summed E-state index contributed by atoms with van der Waals surface area (Å²) in [5.74, 6) is -0.420. The topological polar surface area (TPSA) is 61.2 Å². The monoisotopic (exact) mass is 376 g/mol. The molecule has 0 saturated heterocycles. The predicted molar refractivity (Wildman–Crippen MR) is 99.7 cm³/mol. The van der Waals surface area contributed by atoms with Gasteiger partial charge in [-0.15, -0.1) is 11.3 Å². The van der Waals surface area contributed by atoms with E-state index >= 15 is 0 Å². The standard InChI is InChI=1S/C18H17ClN2O3S/c1-10(2)24-18(23)15-11(3)14-16(25-15)20-9-21(17(14)22)8-12-5-4-6-13(19)7-12/h4-7,9-10H,8H2,1-3H3. The smallest absolute Gasteiger partial charge is 0.348 e. The van der Waals surface area contributed by atoms with Crippen LogP contribution in [-0.2, 0) is 11.3 Å². The van der Waals surface area contributed by atoms with Crippen molar-refractivity contribution >= 4 is 39.1 Å². The summed E-state index contributed by atoms with van der Waals surface area (Å²) < 4.78 is 6.76. The summed E-state index contributed by atoms with van der Waals surface area (Å²) in [6, 6.07) is 7.33. The number of aromatic nitrogens is 2. The fourth-order valence-corrected chi connectivity index (χ4v) is 3.80. The van der Waals surface area contributed by atoms with Crippen LogP contribution in [0.3, 0.4) is 0 Å². The fourth-order valence-electron chi connectivity index (χ4n) is 2.57. The van der Waals surface area contributed by atoms with Crippen molar-refractivity contribution < 1.29 is 9.53 Å². The molecule has 130 valence electrons. The average Bonchev–Trinajstić information content (AvgIpc) is 2.87. The summed E-state index contributed by atoms with van der Waals surface area (Å²) in [5, 5.41) is 1.08. The van der Waals surface area contributed by atoms with Crippen LogP contribution >= 0.6 is 22.9 Å². The van der Waals surface area contributed by atoms with Crippen LogP contribution in [0.25, 0.3) is 10.2 Å². The first-order valence-electron chi connectivity index (χ1n) is 7.80. The lowest BCUT2D eigenvalue weighted by Gasteiger charge is -2.07. The van der Waals surface area contributed by atoms with Crippen LogP contribution in [0.15, 0.2) is 35.4 Å². The summed E-state index contributed by atoms with van der Waals surface area (Å²) >= 11 is 7.18. The van der Waals surface area contributed by atoms with Gasteiger partial charge in [0.2, 0.25) is 0 Å². The molecular weight excluding hydrogens is 360 g/mol. The van der Waals surface area contributed by atoms with E-state index in [0.29, 0.717) is 32.2 Å². The molecule has 0 aliphatic carbocycles. The van der Waals surface area contributed by atoms with Gasteiger partial charge in [-0.2, -0.15) is 0 Å². The second-order valence-corrected chi connectivity index (χ2v) is 7.43. The Morgan fingerprint density at radius 1 is 1.40 bits per heavy atom. The van der Waals surface area contributed by atoms with Crippen molar-refractivity contribution in [2.75, 3.05) is 0 Å². The van der Waals surface area contributed by atoms with Crippen molar-refractivity contribution in [1.29, 1.82) is 0 Å². The number of carbonyl (C=O) groups excluding carboxylic acids is 1. The Kier molecular flexibility index (Phi) is 4.92. The number of hydrogen-bond acceptors (Lipinski definition) is 5. The molecule has 0 bridgehead atoms. The lowest BCUT2D eigenvalue weighted by atomic mass is 10.2. The molecule has 3 aromatic rings. The summed E-state index contributed by atoms with van der Waals surface area (Å²) in [5.41, 5.74) is 1.34. The van der Waals surface area contributed by atoms with E-state index in [1.54, 1.807) is 26.8 Å². The largest absolute Gasteiger partial charge is 0.459 e. The molecule has 0 unspecified atom stereocenters. The Labute approximate surface area is 153 Å². The normalized spacial score (nSPS) is 11.2. The molecule has 0 atom stereocenters. The van der Waals surface area contributed by atoms with E-state index in [0.717, 1.165) is 5.56 Å². The fraction of sp³-hybridized carbons (Fsp3) is 0.278. The van der Waals surface area contributed by atoms with Crippen molar-refractivity contribution in [1.82, 2.24) is 9.55 Å². The van der Waals surface area contributed by atoms with E-state index in [2.05, 4.69) is 4.98 Å². The van der Waals surface area contributed by atoms with Crippen molar-refractivity contribution in [3.8, 4) is 0 Å². The van der Waals surface area contributed by atoms with Gasteiger partial charge in [0.1, 0.15) is 9.71 Å². The molecule has 25 heavy (non-hydrogen) atoms. The molecular formula is C18H17ClN2O3S. The molecule has 2 aromatic heterocycles. The second kappa shape index (κ2) is 6.98. The molecule has 0 amide bonds. The maximum atomic E-state index is 12.8. The first-order valence-corrected chi connectivity index (χ1v) is 9.00. The predicted octanol–water partition coefficient (Wildman–Crippen LogP) is 4.03. The number of nitrogens with zero attached hydrogens (tertiary/aromatic N) is 2. The third-order valence-corrected chi connectivity index (χ3v) is 5.10. The number of aryl methyl sites for hydroxylation is 1. The zero-order valence-electron chi connectivity index (χ0n) is 14.1. The minimum atomic E-state index is -0.420. The third-order valence-electron chi connectivity index (χ3n) is 3.69.